The number of carbonyl (C=O) groups excluding carboxylic acids is 1. The molecular formula is C14H20ClN3O2. The second-order valence-electron chi connectivity index (χ2n) is 4.86. The van der Waals surface area contributed by atoms with Crippen LogP contribution in [0.1, 0.15) is 35.3 Å². The summed E-state index contributed by atoms with van der Waals surface area (Å²) in [4.78, 5) is 19.1. The Hall–Kier alpha value is -1.49. The van der Waals surface area contributed by atoms with Crippen LogP contribution in [0.2, 0.25) is 0 Å². The number of aromatic nitrogens is 1. The quantitative estimate of drug-likeness (QED) is 0.476. The maximum absolute atomic E-state index is 12.5. The van der Waals surface area contributed by atoms with Crippen LogP contribution in [0.3, 0.4) is 0 Å². The van der Waals surface area contributed by atoms with Crippen molar-refractivity contribution < 1.29 is 9.63 Å². The van der Waals surface area contributed by atoms with Gasteiger partial charge < -0.3 is 14.3 Å². The molecule has 20 heavy (non-hydrogen) atoms. The Morgan fingerprint density at radius 2 is 2.25 bits per heavy atom. The van der Waals surface area contributed by atoms with Gasteiger partial charge in [-0.15, -0.1) is 11.6 Å². The molecule has 2 rings (SSSR count). The maximum atomic E-state index is 12.5. The summed E-state index contributed by atoms with van der Waals surface area (Å²) in [6, 6.07) is 1.95. The van der Waals surface area contributed by atoms with Crippen molar-refractivity contribution in [2.45, 2.75) is 25.8 Å². The molecule has 0 saturated carbocycles. The molecular weight excluding hydrogens is 278 g/mol. The molecule has 6 heteroatoms. The number of hydrogen-bond acceptors (Lipinski definition) is 3. The molecule has 110 valence electrons. The summed E-state index contributed by atoms with van der Waals surface area (Å²) in [5.41, 5.74) is 2.42. The van der Waals surface area contributed by atoms with Gasteiger partial charge in [-0.05, 0) is 18.9 Å². The highest BCUT2D eigenvalue weighted by Crippen LogP contribution is 2.21. The Kier molecular flexibility index (Phi) is 5.06. The Labute approximate surface area is 124 Å². The van der Waals surface area contributed by atoms with E-state index in [1.165, 1.54) is 7.11 Å². The van der Waals surface area contributed by atoms with E-state index in [4.69, 9.17) is 16.4 Å². The molecule has 1 aliphatic rings. The largest absolute Gasteiger partial charge is 0.399 e. The highest BCUT2D eigenvalue weighted by atomic mass is 35.5. The maximum Gasteiger partial charge on any atom is 0.270 e. The lowest BCUT2D eigenvalue weighted by Crippen LogP contribution is -2.28. The van der Waals surface area contributed by atoms with E-state index in [0.29, 0.717) is 24.5 Å². The number of aryl methyl sites for hydroxylation is 1. The number of rotatable bonds is 5. The van der Waals surface area contributed by atoms with Crippen LogP contribution in [0.4, 0.5) is 0 Å². The number of alkyl halides is 1. The van der Waals surface area contributed by atoms with Gasteiger partial charge in [0.15, 0.2) is 0 Å². The van der Waals surface area contributed by atoms with Crippen molar-refractivity contribution >= 4 is 23.2 Å². The zero-order chi connectivity index (χ0) is 14.5. The van der Waals surface area contributed by atoms with Crippen LogP contribution >= 0.6 is 11.6 Å². The van der Waals surface area contributed by atoms with Crippen LogP contribution in [0.15, 0.2) is 17.4 Å². The monoisotopic (exact) mass is 297 g/mol. The third-order valence-electron chi connectivity index (χ3n) is 3.49. The molecule has 0 atom stereocenters. The number of hydrogen-bond donors (Lipinski definition) is 0. The molecule has 0 aromatic carbocycles. The van der Waals surface area contributed by atoms with Gasteiger partial charge in [0.2, 0.25) is 0 Å². The van der Waals surface area contributed by atoms with E-state index >= 15 is 0 Å². The minimum absolute atomic E-state index is 0.0391. The third kappa shape index (κ3) is 2.98. The first kappa shape index (κ1) is 14.9. The third-order valence-corrected chi connectivity index (χ3v) is 3.76. The number of nitrogens with zero attached hydrogens (tertiary/aromatic N) is 3. The molecule has 1 aromatic heterocycles. The minimum atomic E-state index is 0.0391. The van der Waals surface area contributed by atoms with E-state index in [9.17, 15) is 4.79 Å². The average Bonchev–Trinajstić information content (AvgIpc) is 2.81. The Balaban J connectivity index is 2.35. The minimum Gasteiger partial charge on any atom is -0.399 e. The molecule has 1 aliphatic heterocycles. The molecule has 2 heterocycles. The van der Waals surface area contributed by atoms with Crippen LogP contribution in [0, 0.1) is 0 Å². The van der Waals surface area contributed by atoms with Crippen molar-refractivity contribution in [3.8, 4) is 0 Å². The molecule has 1 aromatic rings. The first-order valence-electron chi connectivity index (χ1n) is 6.80. The molecule has 0 aliphatic carbocycles. The van der Waals surface area contributed by atoms with Gasteiger partial charge in [-0.25, -0.2) is 0 Å². The summed E-state index contributed by atoms with van der Waals surface area (Å²) >= 11 is 5.71. The molecule has 0 unspecified atom stereocenters. The first-order chi connectivity index (χ1) is 9.69. The predicted octanol–water partition coefficient (Wildman–Crippen LogP) is 2.33. The lowest BCUT2D eigenvalue weighted by molar-refractivity contribution is 0.0791. The second kappa shape index (κ2) is 6.79. The standard InChI is InChI=1S/C14H20ClN3O2/c1-17-9-6-12(16-20-2)11-5-10-18(8-4-3-7-15)13(11)14(17)19/h5,10H,3-4,6-9H2,1-2H3. The number of halogens is 1. The summed E-state index contributed by atoms with van der Waals surface area (Å²) in [6.45, 7) is 1.44. The van der Waals surface area contributed by atoms with Crippen molar-refractivity contribution in [1.29, 1.82) is 0 Å². The van der Waals surface area contributed by atoms with Gasteiger partial charge in [0.1, 0.15) is 12.8 Å². The van der Waals surface area contributed by atoms with E-state index < -0.39 is 0 Å². The lowest BCUT2D eigenvalue weighted by Gasteiger charge is -2.15. The Morgan fingerprint density at radius 1 is 1.45 bits per heavy atom. The van der Waals surface area contributed by atoms with Crippen molar-refractivity contribution in [2.75, 3.05) is 26.6 Å². The fraction of sp³-hybridized carbons (Fsp3) is 0.571. The van der Waals surface area contributed by atoms with Gasteiger partial charge in [0, 0.05) is 44.2 Å². The van der Waals surface area contributed by atoms with Crippen molar-refractivity contribution in [1.82, 2.24) is 9.47 Å². The molecule has 0 N–H and O–H groups in total. The smallest absolute Gasteiger partial charge is 0.270 e. The number of amides is 1. The first-order valence-corrected chi connectivity index (χ1v) is 7.33. The predicted molar refractivity (Wildman–Crippen MR) is 79.5 cm³/mol. The van der Waals surface area contributed by atoms with Crippen LogP contribution in [-0.4, -0.2) is 47.7 Å². The summed E-state index contributed by atoms with van der Waals surface area (Å²) < 4.78 is 2.00. The van der Waals surface area contributed by atoms with Crippen molar-refractivity contribution in [3.63, 3.8) is 0 Å². The van der Waals surface area contributed by atoms with E-state index in [-0.39, 0.29) is 5.91 Å². The van der Waals surface area contributed by atoms with E-state index in [0.717, 1.165) is 30.7 Å². The van der Waals surface area contributed by atoms with Gasteiger partial charge in [0.25, 0.3) is 5.91 Å². The fourth-order valence-electron chi connectivity index (χ4n) is 2.40. The summed E-state index contributed by atoms with van der Waals surface area (Å²) in [7, 11) is 3.35. The Morgan fingerprint density at radius 3 is 2.95 bits per heavy atom. The van der Waals surface area contributed by atoms with E-state index in [2.05, 4.69) is 5.16 Å². The highest BCUT2D eigenvalue weighted by Gasteiger charge is 2.27. The highest BCUT2D eigenvalue weighted by molar-refractivity contribution is 6.17. The number of carbonyl (C=O) groups is 1. The van der Waals surface area contributed by atoms with Gasteiger partial charge in [0.05, 0.1) is 5.71 Å². The molecule has 5 nitrogen and oxygen atoms in total. The lowest BCUT2D eigenvalue weighted by atomic mass is 10.1. The molecule has 0 fully saturated rings. The topological polar surface area (TPSA) is 46.8 Å². The van der Waals surface area contributed by atoms with Gasteiger partial charge in [-0.3, -0.25) is 4.79 Å². The second-order valence-corrected chi connectivity index (χ2v) is 5.24. The van der Waals surface area contributed by atoms with Crippen molar-refractivity contribution in [3.05, 3.63) is 23.5 Å². The summed E-state index contributed by atoms with van der Waals surface area (Å²) in [5, 5.41) is 4.07. The average molecular weight is 298 g/mol. The Bertz CT molecular complexity index is 511. The fourth-order valence-corrected chi connectivity index (χ4v) is 2.59. The van der Waals surface area contributed by atoms with E-state index in [1.54, 1.807) is 4.90 Å². The van der Waals surface area contributed by atoms with Crippen LogP contribution in [0.25, 0.3) is 0 Å². The van der Waals surface area contributed by atoms with Gasteiger partial charge in [-0.2, -0.15) is 0 Å². The SMILES string of the molecule is CON=C1CCN(C)C(=O)c2c1ccn2CCCCCl. The molecule has 0 spiro atoms. The molecule has 0 radical (unpaired) electrons. The molecule has 1 amide bonds. The summed E-state index contributed by atoms with van der Waals surface area (Å²) in [6.07, 6.45) is 4.55. The van der Waals surface area contributed by atoms with Gasteiger partial charge >= 0.3 is 0 Å². The summed E-state index contributed by atoms with van der Waals surface area (Å²) in [5.74, 6) is 0.686. The van der Waals surface area contributed by atoms with Crippen LogP contribution in [-0.2, 0) is 11.4 Å². The zero-order valence-electron chi connectivity index (χ0n) is 11.9. The zero-order valence-corrected chi connectivity index (χ0v) is 12.7. The number of oxime groups is 1. The number of fused-ring (bicyclic) bond motifs is 1. The molecule has 0 saturated heterocycles. The number of unbranched alkanes of at least 4 members (excludes halogenated alkanes) is 1. The van der Waals surface area contributed by atoms with Crippen LogP contribution < -0.4 is 0 Å². The van der Waals surface area contributed by atoms with Crippen LogP contribution in [0.5, 0.6) is 0 Å². The van der Waals surface area contributed by atoms with Gasteiger partial charge in [-0.1, -0.05) is 5.16 Å². The molecule has 0 bridgehead atoms. The van der Waals surface area contributed by atoms with E-state index in [1.807, 2.05) is 23.9 Å². The van der Waals surface area contributed by atoms with Crippen molar-refractivity contribution in [2.24, 2.45) is 5.16 Å². The normalized spacial score (nSPS) is 17.2.